The fourth-order valence-electron chi connectivity index (χ4n) is 1.47. The van der Waals surface area contributed by atoms with E-state index in [-0.39, 0.29) is 0 Å². The van der Waals surface area contributed by atoms with Crippen molar-refractivity contribution >= 4 is 5.57 Å². The molecule has 0 radical (unpaired) electrons. The Morgan fingerprint density at radius 2 is 2.12 bits per heavy atom. The third-order valence-corrected chi connectivity index (χ3v) is 2.35. The molecular formula is C15H19N. The van der Waals surface area contributed by atoms with E-state index in [0.29, 0.717) is 5.92 Å². The summed E-state index contributed by atoms with van der Waals surface area (Å²) in [6.45, 7) is 10.0. The molecule has 0 fully saturated rings. The van der Waals surface area contributed by atoms with Crippen LogP contribution in [0.4, 0.5) is 0 Å². The van der Waals surface area contributed by atoms with Gasteiger partial charge in [-0.1, -0.05) is 50.8 Å². The van der Waals surface area contributed by atoms with Crippen molar-refractivity contribution in [1.29, 1.82) is 0 Å². The predicted molar refractivity (Wildman–Crippen MR) is 71.3 cm³/mol. The summed E-state index contributed by atoms with van der Waals surface area (Å²) in [5.41, 5.74) is 3.39. The van der Waals surface area contributed by atoms with Crippen molar-refractivity contribution in [3.05, 3.63) is 60.5 Å². The summed E-state index contributed by atoms with van der Waals surface area (Å²) in [6, 6.07) is 4.19. The molecule has 0 saturated heterocycles. The van der Waals surface area contributed by atoms with Gasteiger partial charge in [-0.25, -0.2) is 0 Å². The van der Waals surface area contributed by atoms with Gasteiger partial charge in [-0.3, -0.25) is 4.98 Å². The van der Waals surface area contributed by atoms with Crippen LogP contribution in [0.3, 0.4) is 0 Å². The van der Waals surface area contributed by atoms with Gasteiger partial charge in [0.2, 0.25) is 0 Å². The predicted octanol–water partition coefficient (Wildman–Crippen LogP) is 4.35. The number of hydrogen-bond donors (Lipinski definition) is 0. The Hall–Kier alpha value is -1.63. The lowest BCUT2D eigenvalue weighted by Crippen LogP contribution is -1.93. The minimum atomic E-state index is 0.475. The smallest absolute Gasteiger partial charge is 0.0429 e. The van der Waals surface area contributed by atoms with Crippen molar-refractivity contribution in [1.82, 2.24) is 4.98 Å². The van der Waals surface area contributed by atoms with Crippen LogP contribution in [0.1, 0.15) is 37.9 Å². The molecule has 1 rings (SSSR count). The topological polar surface area (TPSA) is 12.9 Å². The van der Waals surface area contributed by atoms with E-state index in [1.54, 1.807) is 6.08 Å². The summed E-state index contributed by atoms with van der Waals surface area (Å²) in [6.07, 6.45) is 9.79. The van der Waals surface area contributed by atoms with Gasteiger partial charge in [0.1, 0.15) is 0 Å². The highest BCUT2D eigenvalue weighted by molar-refractivity contribution is 5.74. The molecule has 0 spiro atoms. The van der Waals surface area contributed by atoms with E-state index in [1.165, 1.54) is 0 Å². The van der Waals surface area contributed by atoms with Crippen LogP contribution >= 0.6 is 0 Å². The second-order valence-corrected chi connectivity index (χ2v) is 3.98. The first-order valence-electron chi connectivity index (χ1n) is 5.60. The Morgan fingerprint density at radius 1 is 1.38 bits per heavy atom. The van der Waals surface area contributed by atoms with Gasteiger partial charge in [-0.05, 0) is 30.0 Å². The van der Waals surface area contributed by atoms with Gasteiger partial charge >= 0.3 is 0 Å². The van der Waals surface area contributed by atoms with Gasteiger partial charge in [0.15, 0.2) is 0 Å². The first kappa shape index (κ1) is 12.4. The van der Waals surface area contributed by atoms with Crippen LogP contribution in [-0.2, 0) is 0 Å². The van der Waals surface area contributed by atoms with Crippen LogP contribution in [0.5, 0.6) is 0 Å². The molecule has 0 unspecified atom stereocenters. The molecule has 1 heterocycles. The van der Waals surface area contributed by atoms with Crippen LogP contribution in [0.25, 0.3) is 5.57 Å². The summed E-state index contributed by atoms with van der Waals surface area (Å²) in [5, 5.41) is 0. The summed E-state index contributed by atoms with van der Waals surface area (Å²) < 4.78 is 0. The summed E-state index contributed by atoms with van der Waals surface area (Å²) in [4.78, 5) is 4.45. The fourth-order valence-corrected chi connectivity index (χ4v) is 1.47. The highest BCUT2D eigenvalue weighted by Crippen LogP contribution is 2.18. The molecule has 0 aliphatic heterocycles. The van der Waals surface area contributed by atoms with E-state index < -0.39 is 0 Å². The molecule has 0 aliphatic rings. The Balaban J connectivity index is 3.03. The second kappa shape index (κ2) is 6.06. The van der Waals surface area contributed by atoms with Crippen molar-refractivity contribution in [2.45, 2.75) is 26.7 Å². The molecule has 1 aromatic heterocycles. The van der Waals surface area contributed by atoms with Crippen molar-refractivity contribution in [2.24, 2.45) is 0 Å². The third-order valence-electron chi connectivity index (χ3n) is 2.35. The fraction of sp³-hybridized carbons (Fsp3) is 0.267. The van der Waals surface area contributed by atoms with E-state index in [0.717, 1.165) is 16.8 Å². The lowest BCUT2D eigenvalue weighted by molar-refractivity contribution is 0.822. The first-order valence-corrected chi connectivity index (χ1v) is 5.60. The van der Waals surface area contributed by atoms with Crippen LogP contribution in [0.15, 0.2) is 49.2 Å². The van der Waals surface area contributed by atoms with E-state index >= 15 is 0 Å². The van der Waals surface area contributed by atoms with Crippen LogP contribution in [0.2, 0.25) is 0 Å². The minimum absolute atomic E-state index is 0.475. The van der Waals surface area contributed by atoms with E-state index in [9.17, 15) is 0 Å². The highest BCUT2D eigenvalue weighted by atomic mass is 14.7. The van der Waals surface area contributed by atoms with E-state index in [2.05, 4.69) is 43.6 Å². The van der Waals surface area contributed by atoms with Crippen LogP contribution < -0.4 is 0 Å². The summed E-state index contributed by atoms with van der Waals surface area (Å²) >= 11 is 0. The van der Waals surface area contributed by atoms with Crippen molar-refractivity contribution in [3.8, 4) is 0 Å². The molecule has 0 aromatic carbocycles. The molecule has 16 heavy (non-hydrogen) atoms. The molecule has 0 bridgehead atoms. The normalized spacial score (nSPS) is 12.4. The number of allylic oxidation sites excluding steroid dienone is 5. The number of nitrogens with zero attached hydrogens (tertiary/aromatic N) is 1. The molecule has 0 amide bonds. The zero-order valence-corrected chi connectivity index (χ0v) is 10.3. The molecule has 1 nitrogen and oxygen atoms in total. The van der Waals surface area contributed by atoms with Crippen LogP contribution in [0, 0.1) is 0 Å². The van der Waals surface area contributed by atoms with Gasteiger partial charge < -0.3 is 0 Å². The zero-order valence-electron chi connectivity index (χ0n) is 10.3. The molecule has 0 N–H and O–H groups in total. The maximum absolute atomic E-state index is 4.45. The number of pyridine rings is 1. The Labute approximate surface area is 98.2 Å². The molecule has 84 valence electrons. The lowest BCUT2D eigenvalue weighted by atomic mass is 10.0. The molecular weight excluding hydrogens is 194 g/mol. The van der Waals surface area contributed by atoms with E-state index in [1.807, 2.05) is 25.3 Å². The standard InChI is InChI=1S/C15H19N/c1-5-7-13(8-6-2)14-9-10-15(12(3)4)16-11-14/h5-12H,1H2,2-4H3/b8-6-,13-7+. The first-order chi connectivity index (χ1) is 7.69. The number of rotatable bonds is 4. The Bertz CT molecular complexity index is 394. The Morgan fingerprint density at radius 3 is 2.56 bits per heavy atom. The largest absolute Gasteiger partial charge is 0.260 e. The lowest BCUT2D eigenvalue weighted by Gasteiger charge is -2.06. The minimum Gasteiger partial charge on any atom is -0.260 e. The van der Waals surface area contributed by atoms with Gasteiger partial charge in [-0.2, -0.15) is 0 Å². The van der Waals surface area contributed by atoms with Gasteiger partial charge in [0.25, 0.3) is 0 Å². The van der Waals surface area contributed by atoms with Crippen LogP contribution in [-0.4, -0.2) is 4.98 Å². The molecule has 0 saturated carbocycles. The molecule has 0 atom stereocenters. The van der Waals surface area contributed by atoms with Gasteiger partial charge in [-0.15, -0.1) is 0 Å². The third kappa shape index (κ3) is 3.20. The van der Waals surface area contributed by atoms with Gasteiger partial charge in [0.05, 0.1) is 0 Å². The average Bonchev–Trinajstić information content (AvgIpc) is 2.29. The molecule has 1 aromatic rings. The summed E-state index contributed by atoms with van der Waals surface area (Å²) in [7, 11) is 0. The van der Waals surface area contributed by atoms with Gasteiger partial charge in [0, 0.05) is 11.9 Å². The second-order valence-electron chi connectivity index (χ2n) is 3.98. The van der Waals surface area contributed by atoms with Crippen molar-refractivity contribution < 1.29 is 0 Å². The number of aromatic nitrogens is 1. The monoisotopic (exact) mass is 213 g/mol. The highest BCUT2D eigenvalue weighted by Gasteiger charge is 2.01. The maximum atomic E-state index is 4.45. The average molecular weight is 213 g/mol. The SMILES string of the molecule is C=C/C=C(\C=C/C)c1ccc(C(C)C)nc1. The van der Waals surface area contributed by atoms with E-state index in [4.69, 9.17) is 0 Å². The Kier molecular flexibility index (Phi) is 4.71. The van der Waals surface area contributed by atoms with Crippen molar-refractivity contribution in [3.63, 3.8) is 0 Å². The molecule has 1 heteroatoms. The quantitative estimate of drug-likeness (QED) is 0.677. The zero-order chi connectivity index (χ0) is 12.0. The molecule has 0 aliphatic carbocycles. The summed E-state index contributed by atoms with van der Waals surface area (Å²) in [5.74, 6) is 0.475. The maximum Gasteiger partial charge on any atom is 0.0429 e. The van der Waals surface area contributed by atoms with Crippen molar-refractivity contribution in [2.75, 3.05) is 0 Å². The number of hydrogen-bond acceptors (Lipinski definition) is 1.